The van der Waals surface area contributed by atoms with Crippen LogP contribution in [0.4, 0.5) is 10.1 Å². The molecular weight excluding hydrogens is 273 g/mol. The van der Waals surface area contributed by atoms with Gasteiger partial charge in [0.2, 0.25) is 0 Å². The summed E-state index contributed by atoms with van der Waals surface area (Å²) in [6.07, 6.45) is 0. The van der Waals surface area contributed by atoms with Gasteiger partial charge in [0.25, 0.3) is 0 Å². The number of carbonyl (C=O) groups is 1. The number of methoxy groups -OCH3 is 1. The van der Waals surface area contributed by atoms with Crippen LogP contribution in [0.5, 0.6) is 5.75 Å². The van der Waals surface area contributed by atoms with Crippen LogP contribution in [-0.2, 0) is 4.79 Å². The Morgan fingerprint density at radius 1 is 1.29 bits per heavy atom. The maximum Gasteiger partial charge on any atom is 0.330 e. The monoisotopic (exact) mass is 289 g/mol. The summed E-state index contributed by atoms with van der Waals surface area (Å²) in [6.45, 7) is 1.84. The zero-order chi connectivity index (χ0) is 15.4. The number of nitrogens with one attached hydrogen (secondary N) is 1. The first-order valence-corrected chi connectivity index (χ1v) is 6.40. The Balaban J connectivity index is 2.31. The standard InChI is InChI=1S/C16H16FNO3/c1-10-8-11(6-7-14(10)21-2)15(16(19)20)18-13-5-3-4-12(17)9-13/h3-9,15,18H,1-2H3,(H,19,20). The van der Waals surface area contributed by atoms with E-state index >= 15 is 0 Å². The Bertz CT molecular complexity index is 658. The molecule has 21 heavy (non-hydrogen) atoms. The van der Waals surface area contributed by atoms with Gasteiger partial charge in [-0.3, -0.25) is 0 Å². The first kappa shape index (κ1) is 14.8. The van der Waals surface area contributed by atoms with E-state index in [-0.39, 0.29) is 0 Å². The second-order valence-electron chi connectivity index (χ2n) is 4.65. The molecule has 0 spiro atoms. The fraction of sp³-hybridized carbons (Fsp3) is 0.188. The highest BCUT2D eigenvalue weighted by molar-refractivity contribution is 5.79. The Kier molecular flexibility index (Phi) is 4.42. The van der Waals surface area contributed by atoms with Crippen molar-refractivity contribution in [2.45, 2.75) is 13.0 Å². The summed E-state index contributed by atoms with van der Waals surface area (Å²) in [7, 11) is 1.56. The molecule has 0 heterocycles. The number of benzene rings is 2. The molecule has 0 saturated carbocycles. The molecule has 2 rings (SSSR count). The summed E-state index contributed by atoms with van der Waals surface area (Å²) in [4.78, 5) is 11.5. The zero-order valence-corrected chi connectivity index (χ0v) is 11.8. The molecule has 0 aliphatic heterocycles. The van der Waals surface area contributed by atoms with E-state index in [1.165, 1.54) is 18.2 Å². The molecule has 0 amide bonds. The van der Waals surface area contributed by atoms with Gasteiger partial charge in [-0.05, 0) is 48.4 Å². The molecule has 0 aliphatic carbocycles. The molecule has 110 valence electrons. The molecule has 0 aromatic heterocycles. The topological polar surface area (TPSA) is 58.6 Å². The number of halogens is 1. The highest BCUT2D eigenvalue weighted by Gasteiger charge is 2.20. The van der Waals surface area contributed by atoms with Gasteiger partial charge in [-0.2, -0.15) is 0 Å². The minimum Gasteiger partial charge on any atom is -0.496 e. The molecule has 0 radical (unpaired) electrons. The van der Waals surface area contributed by atoms with Gasteiger partial charge < -0.3 is 15.2 Å². The fourth-order valence-corrected chi connectivity index (χ4v) is 2.11. The third-order valence-electron chi connectivity index (χ3n) is 3.13. The van der Waals surface area contributed by atoms with Crippen LogP contribution in [0.25, 0.3) is 0 Å². The number of anilines is 1. The Morgan fingerprint density at radius 3 is 2.62 bits per heavy atom. The third-order valence-corrected chi connectivity index (χ3v) is 3.13. The van der Waals surface area contributed by atoms with Gasteiger partial charge in [0.15, 0.2) is 6.04 Å². The van der Waals surface area contributed by atoms with Gasteiger partial charge in [0.1, 0.15) is 11.6 Å². The number of carboxylic acid groups (broad SMARTS) is 1. The number of aryl methyl sites for hydroxylation is 1. The molecule has 1 unspecified atom stereocenters. The van der Waals surface area contributed by atoms with Crippen molar-refractivity contribution in [3.63, 3.8) is 0 Å². The average Bonchev–Trinajstić information content (AvgIpc) is 2.44. The van der Waals surface area contributed by atoms with E-state index in [0.29, 0.717) is 17.0 Å². The molecule has 1 atom stereocenters. The van der Waals surface area contributed by atoms with Crippen LogP contribution in [-0.4, -0.2) is 18.2 Å². The first-order chi connectivity index (χ1) is 10.0. The van der Waals surface area contributed by atoms with Crippen molar-refractivity contribution < 1.29 is 19.0 Å². The number of rotatable bonds is 5. The molecule has 0 bridgehead atoms. The zero-order valence-electron chi connectivity index (χ0n) is 11.8. The predicted octanol–water partition coefficient (Wildman–Crippen LogP) is 3.38. The van der Waals surface area contributed by atoms with Gasteiger partial charge in [-0.1, -0.05) is 12.1 Å². The van der Waals surface area contributed by atoms with E-state index in [9.17, 15) is 14.3 Å². The normalized spacial score (nSPS) is 11.8. The first-order valence-electron chi connectivity index (χ1n) is 6.40. The minimum atomic E-state index is -1.04. The molecule has 5 heteroatoms. The van der Waals surface area contributed by atoms with Gasteiger partial charge in [0.05, 0.1) is 7.11 Å². The number of aliphatic carboxylic acids is 1. The second kappa shape index (κ2) is 6.26. The van der Waals surface area contributed by atoms with Gasteiger partial charge in [0, 0.05) is 5.69 Å². The van der Waals surface area contributed by atoms with E-state index in [1.807, 2.05) is 6.92 Å². The minimum absolute atomic E-state index is 0.413. The van der Waals surface area contributed by atoms with Crippen LogP contribution in [0.3, 0.4) is 0 Å². The summed E-state index contributed by atoms with van der Waals surface area (Å²) in [5, 5.41) is 12.2. The lowest BCUT2D eigenvalue weighted by atomic mass is 10.0. The average molecular weight is 289 g/mol. The Hall–Kier alpha value is -2.56. The predicted molar refractivity (Wildman–Crippen MR) is 78.1 cm³/mol. The van der Waals surface area contributed by atoms with E-state index < -0.39 is 17.8 Å². The van der Waals surface area contributed by atoms with Crippen molar-refractivity contribution in [3.8, 4) is 5.75 Å². The Morgan fingerprint density at radius 2 is 2.05 bits per heavy atom. The maximum atomic E-state index is 13.2. The van der Waals surface area contributed by atoms with Crippen molar-refractivity contribution in [1.29, 1.82) is 0 Å². The van der Waals surface area contributed by atoms with Crippen LogP contribution in [0, 0.1) is 12.7 Å². The lowest BCUT2D eigenvalue weighted by Crippen LogP contribution is -2.20. The van der Waals surface area contributed by atoms with Crippen LogP contribution in [0.15, 0.2) is 42.5 Å². The van der Waals surface area contributed by atoms with Crippen molar-refractivity contribution in [2.75, 3.05) is 12.4 Å². The number of hydrogen-bond acceptors (Lipinski definition) is 3. The largest absolute Gasteiger partial charge is 0.496 e. The fourth-order valence-electron chi connectivity index (χ4n) is 2.11. The summed E-state index contributed by atoms with van der Waals surface area (Å²) in [5.41, 5.74) is 1.82. The summed E-state index contributed by atoms with van der Waals surface area (Å²) in [5.74, 6) is -0.771. The van der Waals surface area contributed by atoms with Crippen molar-refractivity contribution in [1.82, 2.24) is 0 Å². The summed E-state index contributed by atoms with van der Waals surface area (Å²) in [6, 6.07) is 9.88. The van der Waals surface area contributed by atoms with Gasteiger partial charge >= 0.3 is 5.97 Å². The van der Waals surface area contributed by atoms with Gasteiger partial charge in [-0.15, -0.1) is 0 Å². The third kappa shape index (κ3) is 3.51. The Labute approximate surface area is 122 Å². The lowest BCUT2D eigenvalue weighted by molar-refractivity contribution is -0.138. The highest BCUT2D eigenvalue weighted by atomic mass is 19.1. The van der Waals surface area contributed by atoms with E-state index in [2.05, 4.69) is 5.32 Å². The number of carboxylic acids is 1. The lowest BCUT2D eigenvalue weighted by Gasteiger charge is -2.17. The maximum absolute atomic E-state index is 13.2. The summed E-state index contributed by atoms with van der Waals surface area (Å²) >= 11 is 0. The van der Waals surface area contributed by atoms with E-state index in [0.717, 1.165) is 5.56 Å². The smallest absolute Gasteiger partial charge is 0.330 e. The number of hydrogen-bond donors (Lipinski definition) is 2. The molecule has 0 fully saturated rings. The molecule has 2 N–H and O–H groups in total. The summed E-state index contributed by atoms with van der Waals surface area (Å²) < 4.78 is 18.3. The van der Waals surface area contributed by atoms with Crippen LogP contribution < -0.4 is 10.1 Å². The molecule has 0 saturated heterocycles. The molecule has 2 aromatic carbocycles. The van der Waals surface area contributed by atoms with Crippen molar-refractivity contribution in [2.24, 2.45) is 0 Å². The molecule has 2 aromatic rings. The van der Waals surface area contributed by atoms with Crippen molar-refractivity contribution >= 4 is 11.7 Å². The highest BCUT2D eigenvalue weighted by Crippen LogP contribution is 2.25. The quantitative estimate of drug-likeness (QED) is 0.886. The SMILES string of the molecule is COc1ccc(C(Nc2cccc(F)c2)C(=O)O)cc1C. The van der Waals surface area contributed by atoms with E-state index in [1.54, 1.807) is 31.4 Å². The molecule has 0 aliphatic rings. The van der Waals surface area contributed by atoms with Crippen molar-refractivity contribution in [3.05, 3.63) is 59.4 Å². The second-order valence-corrected chi connectivity index (χ2v) is 4.65. The van der Waals surface area contributed by atoms with Crippen LogP contribution >= 0.6 is 0 Å². The molecule has 4 nitrogen and oxygen atoms in total. The molecular formula is C16H16FNO3. The van der Waals surface area contributed by atoms with Crippen LogP contribution in [0.2, 0.25) is 0 Å². The van der Waals surface area contributed by atoms with Crippen LogP contribution in [0.1, 0.15) is 17.2 Å². The van der Waals surface area contributed by atoms with Gasteiger partial charge in [-0.25, -0.2) is 9.18 Å². The number of ether oxygens (including phenoxy) is 1. The van der Waals surface area contributed by atoms with E-state index in [4.69, 9.17) is 4.74 Å².